The Kier molecular flexibility index (Phi) is 1.65. The van der Waals surface area contributed by atoms with E-state index in [2.05, 4.69) is 31.3 Å². The maximum Gasteiger partial charge on any atom is 0.228 e. The molecule has 0 aromatic rings. The van der Waals surface area contributed by atoms with Gasteiger partial charge in [-0.15, -0.1) is 0 Å². The number of allylic oxidation sites excluding steroid dienone is 5. The summed E-state index contributed by atoms with van der Waals surface area (Å²) in [5.41, 5.74) is 2.12. The van der Waals surface area contributed by atoms with Crippen LogP contribution in [0.2, 0.25) is 0 Å². The van der Waals surface area contributed by atoms with Crippen LogP contribution in [0.3, 0.4) is 0 Å². The molecule has 2 aliphatic rings. The van der Waals surface area contributed by atoms with Crippen LogP contribution in [0.1, 0.15) is 20.3 Å². The minimum absolute atomic E-state index is 0.0329. The molecule has 0 bridgehead atoms. The second-order valence-electron chi connectivity index (χ2n) is 4.16. The highest BCUT2D eigenvalue weighted by Gasteiger charge is 2.24. The van der Waals surface area contributed by atoms with Gasteiger partial charge in [0.25, 0.3) is 0 Å². The van der Waals surface area contributed by atoms with E-state index in [0.29, 0.717) is 6.42 Å². The van der Waals surface area contributed by atoms with E-state index in [0.717, 1.165) is 11.3 Å². The van der Waals surface area contributed by atoms with Crippen molar-refractivity contribution in [3.8, 4) is 0 Å². The lowest BCUT2D eigenvalue weighted by Crippen LogP contribution is -2.14. The molecule has 0 atom stereocenters. The van der Waals surface area contributed by atoms with Gasteiger partial charge < -0.3 is 5.32 Å². The third-order valence-electron chi connectivity index (χ3n) is 2.31. The van der Waals surface area contributed by atoms with Gasteiger partial charge in [-0.2, -0.15) is 0 Å². The maximum atomic E-state index is 11.1. The average Bonchev–Trinajstić information content (AvgIpc) is 2.23. The fraction of sp³-hybridized carbons (Fsp3) is 0.364. The van der Waals surface area contributed by atoms with E-state index >= 15 is 0 Å². The normalized spacial score (nSPS) is 24.3. The van der Waals surface area contributed by atoms with E-state index < -0.39 is 0 Å². The van der Waals surface area contributed by atoms with E-state index in [1.807, 2.05) is 12.2 Å². The summed E-state index contributed by atoms with van der Waals surface area (Å²) >= 11 is 0. The van der Waals surface area contributed by atoms with Gasteiger partial charge in [-0.25, -0.2) is 0 Å². The number of amides is 1. The molecule has 0 aromatic heterocycles. The largest absolute Gasteiger partial charge is 0.326 e. The maximum absolute atomic E-state index is 11.1. The summed E-state index contributed by atoms with van der Waals surface area (Å²) in [4.78, 5) is 11.1. The number of carbonyl (C=O) groups excluding carboxylic acids is 1. The summed E-state index contributed by atoms with van der Waals surface area (Å²) in [5.74, 6) is 0.101. The molecule has 0 saturated carbocycles. The number of nitrogens with one attached hydrogen (secondary N) is 1. The molecule has 1 fully saturated rings. The molecule has 1 amide bonds. The molecule has 0 spiro atoms. The number of hydrogen-bond donors (Lipinski definition) is 1. The summed E-state index contributed by atoms with van der Waals surface area (Å²) < 4.78 is 0. The molecule has 2 rings (SSSR count). The summed E-state index contributed by atoms with van der Waals surface area (Å²) in [7, 11) is 0. The molecular weight excluding hydrogens is 162 g/mol. The molecule has 1 aliphatic carbocycles. The quantitative estimate of drug-likeness (QED) is 0.598. The molecule has 2 heteroatoms. The summed E-state index contributed by atoms with van der Waals surface area (Å²) in [6, 6.07) is 0. The highest BCUT2D eigenvalue weighted by Crippen LogP contribution is 2.29. The van der Waals surface area contributed by atoms with Gasteiger partial charge in [0.05, 0.1) is 6.42 Å². The monoisotopic (exact) mass is 175 g/mol. The van der Waals surface area contributed by atoms with Gasteiger partial charge in [0.2, 0.25) is 5.91 Å². The highest BCUT2D eigenvalue weighted by atomic mass is 16.1. The van der Waals surface area contributed by atoms with E-state index in [1.54, 1.807) is 0 Å². The predicted octanol–water partition coefficient (Wildman–Crippen LogP) is 1.91. The van der Waals surface area contributed by atoms with E-state index in [-0.39, 0.29) is 11.3 Å². The fourth-order valence-corrected chi connectivity index (χ4v) is 1.65. The second-order valence-corrected chi connectivity index (χ2v) is 4.16. The zero-order valence-corrected chi connectivity index (χ0v) is 7.92. The van der Waals surface area contributed by atoms with Crippen LogP contribution in [0.15, 0.2) is 35.6 Å². The zero-order chi connectivity index (χ0) is 9.47. The average molecular weight is 175 g/mol. The van der Waals surface area contributed by atoms with Gasteiger partial charge >= 0.3 is 0 Å². The van der Waals surface area contributed by atoms with Gasteiger partial charge in [0.15, 0.2) is 0 Å². The first-order valence-electron chi connectivity index (χ1n) is 4.48. The van der Waals surface area contributed by atoms with Crippen molar-refractivity contribution in [2.24, 2.45) is 5.41 Å². The van der Waals surface area contributed by atoms with Gasteiger partial charge in [0.1, 0.15) is 0 Å². The van der Waals surface area contributed by atoms with Crippen LogP contribution in [-0.2, 0) is 4.79 Å². The molecule has 0 radical (unpaired) electrons. The van der Waals surface area contributed by atoms with Crippen molar-refractivity contribution < 1.29 is 4.79 Å². The van der Waals surface area contributed by atoms with Gasteiger partial charge in [-0.3, -0.25) is 4.79 Å². The first-order chi connectivity index (χ1) is 6.07. The van der Waals surface area contributed by atoms with Crippen molar-refractivity contribution in [3.63, 3.8) is 0 Å². The molecule has 2 nitrogen and oxygen atoms in total. The van der Waals surface area contributed by atoms with Gasteiger partial charge in [0, 0.05) is 11.1 Å². The molecule has 1 N–H and O–H groups in total. The molecule has 0 aromatic carbocycles. The van der Waals surface area contributed by atoms with E-state index in [1.165, 1.54) is 0 Å². The summed E-state index contributed by atoms with van der Waals surface area (Å²) in [5, 5.41) is 2.87. The van der Waals surface area contributed by atoms with Crippen LogP contribution in [0, 0.1) is 5.41 Å². The first-order valence-corrected chi connectivity index (χ1v) is 4.48. The Morgan fingerprint density at radius 3 is 3.00 bits per heavy atom. The number of carbonyl (C=O) groups is 1. The van der Waals surface area contributed by atoms with Crippen molar-refractivity contribution in [2.75, 3.05) is 0 Å². The Hall–Kier alpha value is -1.31. The topological polar surface area (TPSA) is 29.1 Å². The number of fused-ring (bicyclic) bond motifs is 1. The van der Waals surface area contributed by atoms with Crippen LogP contribution in [0.25, 0.3) is 0 Å². The van der Waals surface area contributed by atoms with Crippen LogP contribution in [-0.4, -0.2) is 5.91 Å². The van der Waals surface area contributed by atoms with Crippen molar-refractivity contribution in [2.45, 2.75) is 20.3 Å². The minimum Gasteiger partial charge on any atom is -0.326 e. The molecule has 1 saturated heterocycles. The molecule has 13 heavy (non-hydrogen) atoms. The Labute approximate surface area is 78.0 Å². The fourth-order valence-electron chi connectivity index (χ4n) is 1.65. The molecule has 68 valence electrons. The lowest BCUT2D eigenvalue weighted by Gasteiger charge is -2.14. The van der Waals surface area contributed by atoms with E-state index in [9.17, 15) is 4.79 Å². The lowest BCUT2D eigenvalue weighted by atomic mass is 9.92. The van der Waals surface area contributed by atoms with E-state index in [4.69, 9.17) is 0 Å². The minimum atomic E-state index is 0.0329. The third kappa shape index (κ3) is 1.57. The molecule has 1 aliphatic heterocycles. The van der Waals surface area contributed by atoms with Gasteiger partial charge in [-0.1, -0.05) is 38.2 Å². The summed E-state index contributed by atoms with van der Waals surface area (Å²) in [6.07, 6.45) is 8.80. The molecule has 0 unspecified atom stereocenters. The van der Waals surface area contributed by atoms with Crippen LogP contribution < -0.4 is 5.32 Å². The number of hydrogen-bond acceptors (Lipinski definition) is 1. The second kappa shape index (κ2) is 2.59. The smallest absolute Gasteiger partial charge is 0.228 e. The molecular formula is C11H13NO. The standard InChI is InChI=1S/C11H13NO/c1-11(2)5-3-4-8-6-10(13)12-9(8)7-11/h3-5,7H,6H2,1-2H3,(H,12,13). The summed E-state index contributed by atoms with van der Waals surface area (Å²) in [6.45, 7) is 4.25. The Bertz CT molecular complexity index is 345. The van der Waals surface area contributed by atoms with Crippen molar-refractivity contribution in [1.82, 2.24) is 5.32 Å². The van der Waals surface area contributed by atoms with Crippen molar-refractivity contribution >= 4 is 5.91 Å². The lowest BCUT2D eigenvalue weighted by molar-refractivity contribution is -0.118. The Balaban J connectivity index is 2.43. The van der Waals surface area contributed by atoms with Gasteiger partial charge in [-0.05, 0) is 5.57 Å². The third-order valence-corrected chi connectivity index (χ3v) is 2.31. The number of rotatable bonds is 0. The SMILES string of the molecule is CC1(C)C=CC=C2CC(=O)NC2=C1. The van der Waals surface area contributed by atoms with Crippen LogP contribution in [0.4, 0.5) is 0 Å². The Morgan fingerprint density at radius 2 is 2.23 bits per heavy atom. The predicted molar refractivity (Wildman–Crippen MR) is 51.8 cm³/mol. The molecule has 1 heterocycles. The van der Waals surface area contributed by atoms with Crippen LogP contribution >= 0.6 is 0 Å². The van der Waals surface area contributed by atoms with Crippen LogP contribution in [0.5, 0.6) is 0 Å². The van der Waals surface area contributed by atoms with Crippen molar-refractivity contribution in [3.05, 3.63) is 35.6 Å². The first kappa shape index (κ1) is 8.30. The highest BCUT2D eigenvalue weighted by molar-refractivity contribution is 5.87. The zero-order valence-electron chi connectivity index (χ0n) is 7.92. The Morgan fingerprint density at radius 1 is 1.46 bits per heavy atom. The van der Waals surface area contributed by atoms with Crippen molar-refractivity contribution in [1.29, 1.82) is 0 Å².